The first kappa shape index (κ1) is 31.5. The first-order valence-electron chi connectivity index (χ1n) is 14.7. The standard InChI is InChI=1S/C35H38F3N3O3/c1-6-43-22-29(20-39(4)17-26-21-44-33-15-24(3)23(2)14-31(33)34(26)42)40(5)18-25-19-41(32-13-8-7-12-30(25)32)28-11-9-10-27(16-28)35(36,37)38/h7-16,19,21,29H,6,17-18,20,22H2,1-5H3. The van der Waals surface area contributed by atoms with E-state index in [4.69, 9.17) is 9.15 Å². The lowest BCUT2D eigenvalue weighted by atomic mass is 10.1. The Labute approximate surface area is 255 Å². The number of nitrogens with zero attached hydrogens (tertiary/aromatic N) is 3. The smallest absolute Gasteiger partial charge is 0.416 e. The van der Waals surface area contributed by atoms with Crippen LogP contribution in [0.5, 0.6) is 0 Å². The summed E-state index contributed by atoms with van der Waals surface area (Å²) in [6.07, 6.45) is -0.950. The van der Waals surface area contributed by atoms with Crippen molar-refractivity contribution in [3.05, 3.63) is 111 Å². The van der Waals surface area contributed by atoms with Crippen molar-refractivity contribution in [3.8, 4) is 5.69 Å². The molecule has 44 heavy (non-hydrogen) atoms. The van der Waals surface area contributed by atoms with E-state index < -0.39 is 11.7 Å². The zero-order valence-corrected chi connectivity index (χ0v) is 25.7. The highest BCUT2D eigenvalue weighted by Crippen LogP contribution is 2.32. The second kappa shape index (κ2) is 13.0. The maximum Gasteiger partial charge on any atom is 0.416 e. The van der Waals surface area contributed by atoms with Gasteiger partial charge in [-0.25, -0.2) is 0 Å². The van der Waals surface area contributed by atoms with E-state index >= 15 is 0 Å². The van der Waals surface area contributed by atoms with E-state index in [9.17, 15) is 18.0 Å². The topological polar surface area (TPSA) is 50.9 Å². The quantitative estimate of drug-likeness (QED) is 0.158. The Bertz CT molecular complexity index is 1830. The van der Waals surface area contributed by atoms with Crippen molar-refractivity contribution < 1.29 is 22.3 Å². The van der Waals surface area contributed by atoms with Crippen LogP contribution in [0, 0.1) is 13.8 Å². The summed E-state index contributed by atoms with van der Waals surface area (Å²) in [5, 5.41) is 1.55. The third kappa shape index (κ3) is 6.75. The van der Waals surface area contributed by atoms with E-state index in [1.54, 1.807) is 12.3 Å². The number of hydrogen-bond donors (Lipinski definition) is 0. The van der Waals surface area contributed by atoms with Gasteiger partial charge < -0.3 is 18.6 Å². The molecule has 0 N–H and O–H groups in total. The fraction of sp³-hybridized carbons (Fsp3) is 0.343. The number of aryl methyl sites for hydroxylation is 2. The van der Waals surface area contributed by atoms with Crippen molar-refractivity contribution in [2.45, 2.75) is 46.1 Å². The van der Waals surface area contributed by atoms with E-state index in [-0.39, 0.29) is 11.5 Å². The lowest BCUT2D eigenvalue weighted by Gasteiger charge is -2.31. The number of fused-ring (bicyclic) bond motifs is 2. The molecule has 0 aliphatic carbocycles. The minimum absolute atomic E-state index is 0.0204. The Kier molecular flexibility index (Phi) is 9.29. The molecule has 2 heterocycles. The molecule has 0 fully saturated rings. The second-order valence-corrected chi connectivity index (χ2v) is 11.5. The Hall–Kier alpha value is -3.92. The number of benzene rings is 3. The van der Waals surface area contributed by atoms with Crippen LogP contribution in [0.4, 0.5) is 13.2 Å². The van der Waals surface area contributed by atoms with Crippen LogP contribution >= 0.6 is 0 Å². The van der Waals surface area contributed by atoms with Gasteiger partial charge in [-0.05, 0) is 88.0 Å². The van der Waals surface area contributed by atoms with Crippen molar-refractivity contribution in [2.24, 2.45) is 0 Å². The monoisotopic (exact) mass is 605 g/mol. The largest absolute Gasteiger partial charge is 0.464 e. The third-order valence-electron chi connectivity index (χ3n) is 8.23. The SMILES string of the molecule is CCOCC(CN(C)Cc1coc2cc(C)c(C)cc2c1=O)N(C)Cc1cn(-c2cccc(C(F)(F)F)c2)c2ccccc12. The zero-order valence-electron chi connectivity index (χ0n) is 25.7. The highest BCUT2D eigenvalue weighted by atomic mass is 19.4. The van der Waals surface area contributed by atoms with Crippen LogP contribution in [0.25, 0.3) is 27.6 Å². The average Bonchev–Trinajstić information content (AvgIpc) is 3.35. The molecular formula is C35H38F3N3O3. The number of halogens is 3. The van der Waals surface area contributed by atoms with Gasteiger partial charge in [-0.2, -0.15) is 13.2 Å². The molecule has 0 saturated carbocycles. The van der Waals surface area contributed by atoms with Crippen molar-refractivity contribution in [2.75, 3.05) is 33.9 Å². The van der Waals surface area contributed by atoms with Crippen LogP contribution in [-0.4, -0.2) is 54.3 Å². The summed E-state index contributed by atoms with van der Waals surface area (Å²) in [6.45, 7) is 8.56. The fourth-order valence-electron chi connectivity index (χ4n) is 5.64. The van der Waals surface area contributed by atoms with E-state index in [1.807, 2.05) is 82.0 Å². The maximum absolute atomic E-state index is 13.5. The Morgan fingerprint density at radius 3 is 2.43 bits per heavy atom. The van der Waals surface area contributed by atoms with Crippen molar-refractivity contribution in [3.63, 3.8) is 0 Å². The highest BCUT2D eigenvalue weighted by molar-refractivity contribution is 5.85. The zero-order chi connectivity index (χ0) is 31.6. The lowest BCUT2D eigenvalue weighted by molar-refractivity contribution is -0.137. The first-order valence-corrected chi connectivity index (χ1v) is 14.7. The lowest BCUT2D eigenvalue weighted by Crippen LogP contribution is -2.43. The molecule has 0 aliphatic rings. The summed E-state index contributed by atoms with van der Waals surface area (Å²) < 4.78 is 53.9. The van der Waals surface area contributed by atoms with Crippen molar-refractivity contribution >= 4 is 21.9 Å². The number of hydrogen-bond acceptors (Lipinski definition) is 5. The number of likely N-dealkylation sites (N-methyl/N-ethyl adjacent to an activating group) is 2. The number of para-hydroxylation sites is 1. The Morgan fingerprint density at radius 2 is 1.68 bits per heavy atom. The van der Waals surface area contributed by atoms with Gasteiger partial charge in [-0.15, -0.1) is 0 Å². The van der Waals surface area contributed by atoms with Gasteiger partial charge in [-0.3, -0.25) is 9.69 Å². The minimum Gasteiger partial charge on any atom is -0.464 e. The molecule has 1 unspecified atom stereocenters. The van der Waals surface area contributed by atoms with Crippen LogP contribution in [-0.2, 0) is 24.0 Å². The molecule has 0 aliphatic heterocycles. The number of aromatic nitrogens is 1. The van der Waals surface area contributed by atoms with Gasteiger partial charge in [0.1, 0.15) is 5.58 Å². The molecule has 1 atom stereocenters. The molecule has 0 saturated heterocycles. The van der Waals surface area contributed by atoms with E-state index in [0.717, 1.165) is 33.7 Å². The molecule has 2 aromatic heterocycles. The third-order valence-corrected chi connectivity index (χ3v) is 8.23. The molecule has 5 rings (SSSR count). The van der Waals surface area contributed by atoms with Gasteiger partial charge in [0.05, 0.1) is 29.3 Å². The fourth-order valence-corrected chi connectivity index (χ4v) is 5.64. The van der Waals surface area contributed by atoms with Gasteiger partial charge in [0, 0.05) is 55.1 Å². The Morgan fingerprint density at radius 1 is 0.932 bits per heavy atom. The predicted molar refractivity (Wildman–Crippen MR) is 168 cm³/mol. The van der Waals surface area contributed by atoms with Crippen LogP contribution in [0.15, 0.2) is 82.3 Å². The van der Waals surface area contributed by atoms with Crippen LogP contribution in [0.3, 0.4) is 0 Å². The van der Waals surface area contributed by atoms with Gasteiger partial charge in [0.25, 0.3) is 0 Å². The van der Waals surface area contributed by atoms with Gasteiger partial charge >= 0.3 is 6.18 Å². The van der Waals surface area contributed by atoms with Crippen LogP contribution < -0.4 is 5.43 Å². The minimum atomic E-state index is -4.42. The molecular weight excluding hydrogens is 567 g/mol. The van der Waals surface area contributed by atoms with E-state index in [1.165, 1.54) is 12.1 Å². The maximum atomic E-state index is 13.5. The first-order chi connectivity index (χ1) is 21.0. The highest BCUT2D eigenvalue weighted by Gasteiger charge is 2.30. The molecule has 3 aromatic carbocycles. The number of ether oxygens (including phenoxy) is 1. The molecule has 0 bridgehead atoms. The Balaban J connectivity index is 1.38. The van der Waals surface area contributed by atoms with Gasteiger partial charge in [0.2, 0.25) is 0 Å². The summed E-state index contributed by atoms with van der Waals surface area (Å²) in [7, 11) is 3.99. The summed E-state index contributed by atoms with van der Waals surface area (Å²) in [5.74, 6) is 0. The molecule has 0 amide bonds. The van der Waals surface area contributed by atoms with Crippen LogP contribution in [0.2, 0.25) is 0 Å². The summed E-state index contributed by atoms with van der Waals surface area (Å²) in [6, 6.07) is 16.9. The molecule has 6 nitrogen and oxygen atoms in total. The van der Waals surface area contributed by atoms with Crippen molar-refractivity contribution in [1.29, 1.82) is 0 Å². The average molecular weight is 606 g/mol. The summed E-state index contributed by atoms with van der Waals surface area (Å²) >= 11 is 0. The molecule has 0 radical (unpaired) electrons. The number of alkyl halides is 3. The van der Waals surface area contributed by atoms with E-state index in [2.05, 4.69) is 9.80 Å². The molecule has 5 aromatic rings. The summed E-state index contributed by atoms with van der Waals surface area (Å²) in [5.41, 5.74) is 4.86. The van der Waals surface area contributed by atoms with E-state index in [0.29, 0.717) is 55.1 Å². The normalized spacial score (nSPS) is 13.0. The molecule has 232 valence electrons. The van der Waals surface area contributed by atoms with Crippen molar-refractivity contribution in [1.82, 2.24) is 14.4 Å². The van der Waals surface area contributed by atoms with Gasteiger partial charge in [0.15, 0.2) is 5.43 Å². The number of rotatable bonds is 11. The molecule has 9 heteroatoms. The summed E-state index contributed by atoms with van der Waals surface area (Å²) in [4.78, 5) is 17.6. The predicted octanol–water partition coefficient (Wildman–Crippen LogP) is 7.34. The van der Waals surface area contributed by atoms with Gasteiger partial charge in [-0.1, -0.05) is 24.3 Å². The second-order valence-electron chi connectivity index (χ2n) is 11.5. The van der Waals surface area contributed by atoms with Crippen LogP contribution in [0.1, 0.15) is 34.7 Å². The molecule has 0 spiro atoms.